The van der Waals surface area contributed by atoms with Gasteiger partial charge in [-0.2, -0.15) is 0 Å². The number of amides is 1. The number of rotatable bonds is 11. The zero-order valence-corrected chi connectivity index (χ0v) is 21.3. The molecule has 0 aliphatic rings. The zero-order chi connectivity index (χ0) is 25.4. The molecule has 0 heterocycles. The largest absolute Gasteiger partial charge is 0.493 e. The van der Waals surface area contributed by atoms with Gasteiger partial charge < -0.3 is 19.5 Å². The summed E-state index contributed by atoms with van der Waals surface area (Å²) in [5, 5.41) is 3.33. The lowest BCUT2D eigenvalue weighted by molar-refractivity contribution is -0.123. The second kappa shape index (κ2) is 12.0. The molecule has 0 atom stereocenters. The molecule has 0 spiro atoms. The Bertz CT molecular complexity index is 1280. The van der Waals surface area contributed by atoms with Gasteiger partial charge in [0, 0.05) is 6.54 Å². The van der Waals surface area contributed by atoms with Crippen LogP contribution in [0.4, 0.5) is 5.69 Å². The second-order valence-corrected chi connectivity index (χ2v) is 9.78. The number of sulfonamides is 1. The highest BCUT2D eigenvalue weighted by Gasteiger charge is 2.15. The topological polar surface area (TPSA) is 103 Å². The van der Waals surface area contributed by atoms with E-state index in [1.165, 1.54) is 42.5 Å². The van der Waals surface area contributed by atoms with Gasteiger partial charge in [0.15, 0.2) is 18.1 Å². The summed E-state index contributed by atoms with van der Waals surface area (Å²) >= 11 is 11.8. The molecule has 0 saturated heterocycles. The van der Waals surface area contributed by atoms with Gasteiger partial charge in [0.2, 0.25) is 0 Å². The fourth-order valence-electron chi connectivity index (χ4n) is 3.07. The predicted molar refractivity (Wildman–Crippen MR) is 135 cm³/mol. The first-order valence-corrected chi connectivity index (χ1v) is 12.6. The Morgan fingerprint density at radius 3 is 2.26 bits per heavy atom. The highest BCUT2D eigenvalue weighted by atomic mass is 35.5. The van der Waals surface area contributed by atoms with Gasteiger partial charge in [-0.3, -0.25) is 9.52 Å². The Morgan fingerprint density at radius 1 is 0.886 bits per heavy atom. The molecule has 35 heavy (non-hydrogen) atoms. The number of ether oxygens (including phenoxy) is 3. The van der Waals surface area contributed by atoms with Crippen LogP contribution in [0.2, 0.25) is 10.0 Å². The fourth-order valence-corrected chi connectivity index (χ4v) is 4.42. The van der Waals surface area contributed by atoms with Crippen LogP contribution in [0.1, 0.15) is 5.56 Å². The van der Waals surface area contributed by atoms with Crippen molar-refractivity contribution in [3.8, 4) is 17.2 Å². The molecule has 0 aromatic heterocycles. The molecule has 3 aromatic rings. The molecule has 8 nitrogen and oxygen atoms in total. The monoisotopic (exact) mass is 538 g/mol. The number of hydrogen-bond acceptors (Lipinski definition) is 6. The number of carbonyl (C=O) groups is 1. The van der Waals surface area contributed by atoms with E-state index >= 15 is 0 Å². The van der Waals surface area contributed by atoms with Gasteiger partial charge in [-0.1, -0.05) is 29.3 Å². The summed E-state index contributed by atoms with van der Waals surface area (Å²) in [6.45, 7) is 0.203. The van der Waals surface area contributed by atoms with Crippen LogP contribution in [0, 0.1) is 0 Å². The average Bonchev–Trinajstić information content (AvgIpc) is 2.85. The van der Waals surface area contributed by atoms with Crippen molar-refractivity contribution in [2.45, 2.75) is 11.3 Å². The van der Waals surface area contributed by atoms with Crippen LogP contribution in [0.15, 0.2) is 65.6 Å². The third-order valence-corrected chi connectivity index (χ3v) is 7.00. The standard InChI is InChI=1S/C24H24Cl2N2O6S/c1-32-22-10-3-16(13-23(22)33-2)11-12-27-24(29)15-34-18-5-7-19(8-6-18)35(30,31)28-17-4-9-20(25)21(26)14-17/h3-10,13-14,28H,11-12,15H2,1-2H3,(H,27,29). The SMILES string of the molecule is COc1ccc(CCNC(=O)COc2ccc(S(=O)(=O)Nc3ccc(Cl)c(Cl)c3)cc2)cc1OC. The van der Waals surface area contributed by atoms with Gasteiger partial charge in [0.25, 0.3) is 15.9 Å². The van der Waals surface area contributed by atoms with Gasteiger partial charge in [-0.05, 0) is 66.6 Å². The zero-order valence-electron chi connectivity index (χ0n) is 19.0. The highest BCUT2D eigenvalue weighted by molar-refractivity contribution is 7.92. The number of halogens is 2. The minimum absolute atomic E-state index is 0.0234. The van der Waals surface area contributed by atoms with E-state index in [1.807, 2.05) is 18.2 Å². The molecule has 0 aliphatic carbocycles. The van der Waals surface area contributed by atoms with Crippen LogP contribution in [0.3, 0.4) is 0 Å². The van der Waals surface area contributed by atoms with Gasteiger partial charge in [-0.15, -0.1) is 0 Å². The van der Waals surface area contributed by atoms with E-state index in [2.05, 4.69) is 10.0 Å². The number of carbonyl (C=O) groups excluding carboxylic acids is 1. The quantitative estimate of drug-likeness (QED) is 0.371. The fraction of sp³-hybridized carbons (Fsp3) is 0.208. The van der Waals surface area contributed by atoms with E-state index in [-0.39, 0.29) is 28.1 Å². The molecule has 0 radical (unpaired) electrons. The molecule has 186 valence electrons. The van der Waals surface area contributed by atoms with Crippen LogP contribution in [-0.4, -0.2) is 41.7 Å². The molecule has 1 amide bonds. The van der Waals surface area contributed by atoms with Crippen molar-refractivity contribution in [3.05, 3.63) is 76.3 Å². The number of anilines is 1. The lowest BCUT2D eigenvalue weighted by Gasteiger charge is -2.11. The normalized spacial score (nSPS) is 11.0. The molecule has 0 saturated carbocycles. The number of benzene rings is 3. The number of hydrogen-bond donors (Lipinski definition) is 2. The molecule has 11 heteroatoms. The van der Waals surface area contributed by atoms with Crippen LogP contribution >= 0.6 is 23.2 Å². The minimum atomic E-state index is -3.84. The van der Waals surface area contributed by atoms with Crippen molar-refractivity contribution in [2.24, 2.45) is 0 Å². The van der Waals surface area contributed by atoms with E-state index in [9.17, 15) is 13.2 Å². The molecular weight excluding hydrogens is 515 g/mol. The summed E-state index contributed by atoms with van der Waals surface area (Å²) in [4.78, 5) is 12.1. The smallest absolute Gasteiger partial charge is 0.261 e. The first-order chi connectivity index (χ1) is 16.7. The summed E-state index contributed by atoms with van der Waals surface area (Å²) in [6, 6.07) is 15.7. The Hall–Kier alpha value is -3.14. The van der Waals surface area contributed by atoms with Gasteiger partial charge in [0.05, 0.1) is 34.8 Å². The minimum Gasteiger partial charge on any atom is -0.493 e. The van der Waals surface area contributed by atoms with Crippen LogP contribution < -0.4 is 24.2 Å². The first-order valence-electron chi connectivity index (χ1n) is 10.4. The summed E-state index contributed by atoms with van der Waals surface area (Å²) in [5.41, 5.74) is 1.26. The lowest BCUT2D eigenvalue weighted by Crippen LogP contribution is -2.30. The third-order valence-electron chi connectivity index (χ3n) is 4.86. The Labute approximate surface area is 214 Å². The van der Waals surface area contributed by atoms with Crippen molar-refractivity contribution in [1.29, 1.82) is 0 Å². The van der Waals surface area contributed by atoms with Crippen molar-refractivity contribution < 1.29 is 27.4 Å². The lowest BCUT2D eigenvalue weighted by atomic mass is 10.1. The molecule has 3 rings (SSSR count). The van der Waals surface area contributed by atoms with E-state index in [1.54, 1.807) is 14.2 Å². The Balaban J connectivity index is 1.48. The van der Waals surface area contributed by atoms with Gasteiger partial charge in [0.1, 0.15) is 5.75 Å². The van der Waals surface area contributed by atoms with Crippen LogP contribution in [-0.2, 0) is 21.2 Å². The van der Waals surface area contributed by atoms with E-state index in [0.29, 0.717) is 35.2 Å². The second-order valence-electron chi connectivity index (χ2n) is 7.28. The molecule has 3 aromatic carbocycles. The maximum atomic E-state index is 12.6. The molecular formula is C24H24Cl2N2O6S. The molecule has 2 N–H and O–H groups in total. The maximum Gasteiger partial charge on any atom is 0.261 e. The maximum absolute atomic E-state index is 12.6. The van der Waals surface area contributed by atoms with Crippen LogP contribution in [0.5, 0.6) is 17.2 Å². The third kappa shape index (κ3) is 7.42. The molecule has 0 fully saturated rings. The average molecular weight is 539 g/mol. The predicted octanol–water partition coefficient (Wildman–Crippen LogP) is 4.55. The van der Waals surface area contributed by atoms with Crippen LogP contribution in [0.25, 0.3) is 0 Å². The van der Waals surface area contributed by atoms with Crippen molar-refractivity contribution in [1.82, 2.24) is 5.32 Å². The molecule has 0 aliphatic heterocycles. The summed E-state index contributed by atoms with van der Waals surface area (Å²) in [7, 11) is -0.710. The Kier molecular flexibility index (Phi) is 9.08. The number of methoxy groups -OCH3 is 2. The first kappa shape index (κ1) is 26.5. The van der Waals surface area contributed by atoms with Crippen molar-refractivity contribution >= 4 is 44.8 Å². The highest BCUT2D eigenvalue weighted by Crippen LogP contribution is 2.28. The van der Waals surface area contributed by atoms with E-state index < -0.39 is 10.0 Å². The number of nitrogens with one attached hydrogen (secondary N) is 2. The summed E-state index contributed by atoms with van der Waals surface area (Å²) in [5.74, 6) is 1.31. The van der Waals surface area contributed by atoms with E-state index in [4.69, 9.17) is 37.4 Å². The van der Waals surface area contributed by atoms with Gasteiger partial charge >= 0.3 is 0 Å². The van der Waals surface area contributed by atoms with Crippen molar-refractivity contribution in [3.63, 3.8) is 0 Å². The Morgan fingerprint density at radius 2 is 1.60 bits per heavy atom. The molecule has 0 unspecified atom stereocenters. The van der Waals surface area contributed by atoms with Crippen molar-refractivity contribution in [2.75, 3.05) is 32.1 Å². The van der Waals surface area contributed by atoms with Gasteiger partial charge in [-0.25, -0.2) is 8.42 Å². The van der Waals surface area contributed by atoms with E-state index in [0.717, 1.165) is 5.56 Å². The summed E-state index contributed by atoms with van der Waals surface area (Å²) in [6.07, 6.45) is 0.602. The summed E-state index contributed by atoms with van der Waals surface area (Å²) < 4.78 is 43.5. The molecule has 0 bridgehead atoms.